The summed E-state index contributed by atoms with van der Waals surface area (Å²) in [5.41, 5.74) is 1.85. The number of carbonyl (C=O) groups is 1. The molecule has 118 valence electrons. The SMILES string of the molecule is COCC1=C[C@]2(C)CC[C@H]1C[C@H]1[C@H](COC(C)=O)CC[C@H]12. The van der Waals surface area contributed by atoms with Gasteiger partial charge in [-0.05, 0) is 66.8 Å². The fraction of sp³-hybridized carbons (Fsp3) is 0.833. The molecule has 0 radical (unpaired) electrons. The Morgan fingerprint density at radius 2 is 2.19 bits per heavy atom. The molecule has 2 saturated carbocycles. The Balaban J connectivity index is 1.79. The summed E-state index contributed by atoms with van der Waals surface area (Å²) in [7, 11) is 1.80. The molecule has 0 spiro atoms. The van der Waals surface area contributed by atoms with Gasteiger partial charge in [-0.15, -0.1) is 0 Å². The first kappa shape index (κ1) is 15.1. The topological polar surface area (TPSA) is 35.5 Å². The van der Waals surface area contributed by atoms with Crippen molar-refractivity contribution in [1.82, 2.24) is 0 Å². The van der Waals surface area contributed by atoms with E-state index in [1.165, 1.54) is 44.6 Å². The predicted molar refractivity (Wildman–Crippen MR) is 81.7 cm³/mol. The van der Waals surface area contributed by atoms with E-state index in [0.717, 1.165) is 12.5 Å². The molecule has 3 nitrogen and oxygen atoms in total. The fourth-order valence-corrected chi connectivity index (χ4v) is 5.26. The molecule has 0 unspecified atom stereocenters. The van der Waals surface area contributed by atoms with Crippen molar-refractivity contribution >= 4 is 5.97 Å². The number of methoxy groups -OCH3 is 1. The normalized spacial score (nSPS) is 41.4. The number of rotatable bonds is 4. The predicted octanol–water partition coefficient (Wildman–Crippen LogP) is 3.58. The molecule has 0 N–H and O–H groups in total. The second kappa shape index (κ2) is 5.75. The third-order valence-electron chi connectivity index (χ3n) is 6.26. The van der Waals surface area contributed by atoms with E-state index >= 15 is 0 Å². The largest absolute Gasteiger partial charge is 0.466 e. The first-order chi connectivity index (χ1) is 10.0. The minimum Gasteiger partial charge on any atom is -0.466 e. The highest BCUT2D eigenvalue weighted by Gasteiger charge is 2.50. The summed E-state index contributed by atoms with van der Waals surface area (Å²) < 4.78 is 10.8. The summed E-state index contributed by atoms with van der Waals surface area (Å²) in [6.07, 6.45) is 8.94. The molecule has 0 aliphatic heterocycles. The van der Waals surface area contributed by atoms with E-state index in [-0.39, 0.29) is 5.97 Å². The lowest BCUT2D eigenvalue weighted by atomic mass is 9.68. The molecule has 2 bridgehead atoms. The van der Waals surface area contributed by atoms with Crippen molar-refractivity contribution in [3.8, 4) is 0 Å². The minimum atomic E-state index is -0.139. The van der Waals surface area contributed by atoms with Crippen LogP contribution in [0.25, 0.3) is 0 Å². The van der Waals surface area contributed by atoms with Gasteiger partial charge < -0.3 is 9.47 Å². The van der Waals surface area contributed by atoms with Gasteiger partial charge in [0.25, 0.3) is 0 Å². The van der Waals surface area contributed by atoms with Crippen LogP contribution in [-0.4, -0.2) is 26.3 Å². The Bertz CT molecular complexity index is 442. The average molecular weight is 292 g/mol. The van der Waals surface area contributed by atoms with Gasteiger partial charge in [0.2, 0.25) is 0 Å². The van der Waals surface area contributed by atoms with Crippen LogP contribution in [0.2, 0.25) is 0 Å². The van der Waals surface area contributed by atoms with E-state index in [1.54, 1.807) is 7.11 Å². The Kier molecular flexibility index (Phi) is 4.13. The number of allylic oxidation sites excluding steroid dienone is 1. The lowest BCUT2D eigenvalue weighted by molar-refractivity contribution is -0.142. The van der Waals surface area contributed by atoms with E-state index in [9.17, 15) is 4.79 Å². The first-order valence-electron chi connectivity index (χ1n) is 8.37. The van der Waals surface area contributed by atoms with Gasteiger partial charge >= 0.3 is 5.97 Å². The molecular formula is C18H28O3. The van der Waals surface area contributed by atoms with E-state index in [1.807, 2.05) is 0 Å². The molecule has 0 aromatic heterocycles. The van der Waals surface area contributed by atoms with E-state index in [2.05, 4.69) is 13.0 Å². The third-order valence-corrected chi connectivity index (χ3v) is 6.26. The number of hydrogen-bond acceptors (Lipinski definition) is 3. The smallest absolute Gasteiger partial charge is 0.302 e. The number of fused-ring (bicyclic) bond motifs is 1. The van der Waals surface area contributed by atoms with Crippen molar-refractivity contribution in [3.63, 3.8) is 0 Å². The summed E-state index contributed by atoms with van der Waals surface area (Å²) >= 11 is 0. The van der Waals surface area contributed by atoms with Gasteiger partial charge in [-0.3, -0.25) is 4.79 Å². The monoisotopic (exact) mass is 292 g/mol. The molecule has 0 aromatic carbocycles. The lowest BCUT2D eigenvalue weighted by Crippen LogP contribution is -2.29. The van der Waals surface area contributed by atoms with Gasteiger partial charge in [0.1, 0.15) is 0 Å². The van der Waals surface area contributed by atoms with Crippen molar-refractivity contribution in [2.75, 3.05) is 20.3 Å². The van der Waals surface area contributed by atoms with Gasteiger partial charge in [0.15, 0.2) is 0 Å². The van der Waals surface area contributed by atoms with Gasteiger partial charge in [-0.2, -0.15) is 0 Å². The highest BCUT2D eigenvalue weighted by Crippen LogP contribution is 2.58. The Hall–Kier alpha value is -0.830. The second-order valence-electron chi connectivity index (χ2n) is 7.54. The molecule has 4 rings (SSSR count). The van der Waals surface area contributed by atoms with Crippen LogP contribution in [-0.2, 0) is 14.3 Å². The molecule has 0 heterocycles. The summed E-state index contributed by atoms with van der Waals surface area (Å²) in [5, 5.41) is 0. The van der Waals surface area contributed by atoms with Crippen molar-refractivity contribution in [3.05, 3.63) is 11.6 Å². The maximum absolute atomic E-state index is 11.1. The van der Waals surface area contributed by atoms with Crippen molar-refractivity contribution in [1.29, 1.82) is 0 Å². The average Bonchev–Trinajstić information content (AvgIpc) is 2.73. The van der Waals surface area contributed by atoms with Gasteiger partial charge in [0, 0.05) is 14.0 Å². The molecule has 4 aliphatic carbocycles. The van der Waals surface area contributed by atoms with Crippen LogP contribution in [0.15, 0.2) is 11.6 Å². The van der Waals surface area contributed by atoms with Crippen LogP contribution in [0, 0.1) is 29.1 Å². The van der Waals surface area contributed by atoms with Crippen molar-refractivity contribution in [2.45, 2.75) is 46.0 Å². The summed E-state index contributed by atoms with van der Waals surface area (Å²) in [4.78, 5) is 11.1. The molecule has 4 aliphatic rings. The highest BCUT2D eigenvalue weighted by molar-refractivity contribution is 5.65. The van der Waals surface area contributed by atoms with Crippen molar-refractivity contribution < 1.29 is 14.3 Å². The van der Waals surface area contributed by atoms with E-state index in [4.69, 9.17) is 9.47 Å². The summed E-state index contributed by atoms with van der Waals surface area (Å²) in [6, 6.07) is 0. The second-order valence-corrected chi connectivity index (χ2v) is 7.54. The first-order valence-corrected chi connectivity index (χ1v) is 8.37. The Labute approximate surface area is 128 Å². The zero-order valence-corrected chi connectivity index (χ0v) is 13.6. The zero-order valence-electron chi connectivity index (χ0n) is 13.6. The molecular weight excluding hydrogens is 264 g/mol. The van der Waals surface area contributed by atoms with Crippen LogP contribution < -0.4 is 0 Å². The molecule has 5 atom stereocenters. The maximum Gasteiger partial charge on any atom is 0.302 e. The number of carbonyl (C=O) groups excluding carboxylic acids is 1. The molecule has 3 heteroatoms. The van der Waals surface area contributed by atoms with Crippen LogP contribution in [0.3, 0.4) is 0 Å². The highest BCUT2D eigenvalue weighted by atomic mass is 16.5. The molecule has 0 aromatic rings. The van der Waals surface area contributed by atoms with E-state index < -0.39 is 0 Å². The van der Waals surface area contributed by atoms with Gasteiger partial charge in [-0.25, -0.2) is 0 Å². The van der Waals surface area contributed by atoms with Gasteiger partial charge in [0.05, 0.1) is 13.2 Å². The van der Waals surface area contributed by atoms with Crippen LogP contribution in [0.1, 0.15) is 46.0 Å². The lowest BCUT2D eigenvalue weighted by Gasteiger charge is -2.37. The molecule has 0 amide bonds. The minimum absolute atomic E-state index is 0.139. The number of hydrogen-bond donors (Lipinski definition) is 0. The quantitative estimate of drug-likeness (QED) is 0.587. The van der Waals surface area contributed by atoms with E-state index in [0.29, 0.717) is 29.8 Å². The Morgan fingerprint density at radius 3 is 2.90 bits per heavy atom. The van der Waals surface area contributed by atoms with Crippen LogP contribution in [0.4, 0.5) is 0 Å². The van der Waals surface area contributed by atoms with Crippen LogP contribution >= 0.6 is 0 Å². The van der Waals surface area contributed by atoms with Gasteiger partial charge in [-0.1, -0.05) is 13.0 Å². The van der Waals surface area contributed by atoms with Crippen molar-refractivity contribution in [2.24, 2.45) is 29.1 Å². The molecule has 0 saturated heterocycles. The standard InChI is InChI=1S/C18H28O3/c1-12(19)21-11-14-4-5-17-16(14)8-13-6-7-18(17,2)9-15(13)10-20-3/h9,13-14,16-17H,4-8,10-11H2,1-3H3/t13-,14-,16-,17+,18-/m0/s1. The maximum atomic E-state index is 11.1. The fourth-order valence-electron chi connectivity index (χ4n) is 5.26. The molecule has 2 fully saturated rings. The van der Waals surface area contributed by atoms with Crippen LogP contribution in [0.5, 0.6) is 0 Å². The Morgan fingerprint density at radius 1 is 1.38 bits per heavy atom. The molecule has 21 heavy (non-hydrogen) atoms. The third kappa shape index (κ3) is 2.77. The summed E-state index contributed by atoms with van der Waals surface area (Å²) in [6.45, 7) is 5.37. The number of esters is 1. The zero-order chi connectivity index (χ0) is 15.0. The summed E-state index contributed by atoms with van der Waals surface area (Å²) in [5.74, 6) is 2.59. The number of ether oxygens (including phenoxy) is 2.